The van der Waals surface area contributed by atoms with Gasteiger partial charge in [0.25, 0.3) is 5.69 Å². The van der Waals surface area contributed by atoms with E-state index in [4.69, 9.17) is 4.42 Å². The van der Waals surface area contributed by atoms with E-state index in [1.165, 1.54) is 12.3 Å². The minimum absolute atomic E-state index is 0.0846. The van der Waals surface area contributed by atoms with Gasteiger partial charge < -0.3 is 9.73 Å². The first-order valence-electron chi connectivity index (χ1n) is 6.65. The summed E-state index contributed by atoms with van der Waals surface area (Å²) in [6.45, 7) is 0. The third-order valence-corrected chi connectivity index (χ3v) is 3.12. The van der Waals surface area contributed by atoms with Crippen LogP contribution in [0.2, 0.25) is 0 Å². The van der Waals surface area contributed by atoms with Gasteiger partial charge in [-0.25, -0.2) is 4.98 Å². The molecule has 0 unspecified atom stereocenters. The van der Waals surface area contributed by atoms with Crippen LogP contribution >= 0.6 is 0 Å². The number of oxazole rings is 1. The van der Waals surface area contributed by atoms with Gasteiger partial charge in [0.15, 0.2) is 5.58 Å². The number of allylic oxidation sites excluding steroid dienone is 1. The van der Waals surface area contributed by atoms with E-state index >= 15 is 0 Å². The fraction of sp³-hybridized carbons (Fsp3) is 0. The maximum absolute atomic E-state index is 11.0. The molecule has 3 aromatic rings. The number of aromatic nitrogens is 1. The number of fused-ring (bicyclic) bond motifs is 1. The number of benzene rings is 2. The van der Waals surface area contributed by atoms with Crippen LogP contribution in [0.25, 0.3) is 16.7 Å². The monoisotopic (exact) mass is 306 g/mol. The molecular weight excluding hydrogens is 296 g/mol. The number of nitro benzene ring substituents is 1. The average molecular weight is 306 g/mol. The van der Waals surface area contributed by atoms with E-state index in [1.54, 1.807) is 36.4 Å². The van der Waals surface area contributed by atoms with Crippen LogP contribution in [0.15, 0.2) is 59.1 Å². The minimum Gasteiger partial charge on any atom is -0.435 e. The molecule has 2 aromatic carbocycles. The fourth-order valence-corrected chi connectivity index (χ4v) is 2.03. The smallest absolute Gasteiger partial charge is 0.292 e. The maximum atomic E-state index is 11.0. The molecule has 0 aliphatic rings. The van der Waals surface area contributed by atoms with Crippen LogP contribution in [0.1, 0.15) is 5.89 Å². The predicted molar refractivity (Wildman–Crippen MR) is 84.3 cm³/mol. The minimum atomic E-state index is -0.498. The van der Waals surface area contributed by atoms with E-state index in [0.29, 0.717) is 11.1 Å². The third-order valence-electron chi connectivity index (χ3n) is 3.12. The zero-order valence-electron chi connectivity index (χ0n) is 11.8. The molecule has 1 heterocycles. The molecule has 0 fully saturated rings. The number of hydrogen-bond acceptors (Lipinski definition) is 6. The Morgan fingerprint density at radius 2 is 2.00 bits per heavy atom. The van der Waals surface area contributed by atoms with Crippen molar-refractivity contribution in [3.8, 4) is 6.07 Å². The summed E-state index contributed by atoms with van der Waals surface area (Å²) in [6.07, 6.45) is 1.34. The van der Waals surface area contributed by atoms with Gasteiger partial charge in [-0.3, -0.25) is 10.1 Å². The lowest BCUT2D eigenvalue weighted by Gasteiger charge is -2.02. The maximum Gasteiger partial charge on any atom is 0.292 e. The first kappa shape index (κ1) is 14.3. The summed E-state index contributed by atoms with van der Waals surface area (Å²) in [5.74, 6) is 0.153. The van der Waals surface area contributed by atoms with Crippen LogP contribution in [0.5, 0.6) is 0 Å². The zero-order chi connectivity index (χ0) is 16.2. The fourth-order valence-electron chi connectivity index (χ4n) is 2.03. The van der Waals surface area contributed by atoms with Gasteiger partial charge in [-0.15, -0.1) is 0 Å². The molecule has 0 amide bonds. The molecule has 112 valence electrons. The summed E-state index contributed by atoms with van der Waals surface area (Å²) < 4.78 is 5.51. The number of nitrogens with one attached hydrogen (secondary N) is 1. The van der Waals surface area contributed by atoms with E-state index in [9.17, 15) is 15.4 Å². The molecule has 7 heteroatoms. The lowest BCUT2D eigenvalue weighted by atomic mass is 10.2. The molecule has 0 atom stereocenters. The Morgan fingerprint density at radius 3 is 2.74 bits per heavy atom. The van der Waals surface area contributed by atoms with Gasteiger partial charge in [0.1, 0.15) is 22.8 Å². The van der Waals surface area contributed by atoms with E-state index < -0.39 is 4.92 Å². The Morgan fingerprint density at radius 1 is 1.26 bits per heavy atom. The number of para-hydroxylation sites is 4. The quantitative estimate of drug-likeness (QED) is 0.447. The van der Waals surface area contributed by atoms with Crippen molar-refractivity contribution >= 4 is 28.0 Å². The number of rotatable bonds is 4. The Balaban J connectivity index is 1.94. The summed E-state index contributed by atoms with van der Waals surface area (Å²) in [5.41, 5.74) is 1.53. The molecule has 1 aromatic heterocycles. The highest BCUT2D eigenvalue weighted by Gasteiger charge is 2.13. The second-order valence-corrected chi connectivity index (χ2v) is 4.58. The normalized spacial score (nSPS) is 11.2. The van der Waals surface area contributed by atoms with E-state index in [-0.39, 0.29) is 22.8 Å². The predicted octanol–water partition coefficient (Wildman–Crippen LogP) is 3.71. The number of anilines is 1. The van der Waals surface area contributed by atoms with Crippen molar-refractivity contribution in [3.63, 3.8) is 0 Å². The molecule has 0 aliphatic heterocycles. The summed E-state index contributed by atoms with van der Waals surface area (Å²) in [4.78, 5) is 14.7. The van der Waals surface area contributed by atoms with Crippen molar-refractivity contribution in [2.75, 3.05) is 5.32 Å². The van der Waals surface area contributed by atoms with Gasteiger partial charge >= 0.3 is 0 Å². The van der Waals surface area contributed by atoms with Crippen LogP contribution in [-0.2, 0) is 0 Å². The molecule has 0 radical (unpaired) electrons. The van der Waals surface area contributed by atoms with Gasteiger partial charge in [-0.05, 0) is 18.2 Å². The van der Waals surface area contributed by atoms with Gasteiger partial charge in [0.2, 0.25) is 5.89 Å². The van der Waals surface area contributed by atoms with Gasteiger partial charge in [0, 0.05) is 12.3 Å². The molecule has 0 saturated carbocycles. The van der Waals surface area contributed by atoms with Crippen LogP contribution in [0, 0.1) is 21.4 Å². The Labute approximate surface area is 130 Å². The number of nitriles is 1. The summed E-state index contributed by atoms with van der Waals surface area (Å²) in [6, 6.07) is 15.3. The molecule has 0 saturated heterocycles. The first-order valence-corrected chi connectivity index (χ1v) is 6.65. The summed E-state index contributed by atoms with van der Waals surface area (Å²) >= 11 is 0. The van der Waals surface area contributed by atoms with Gasteiger partial charge in [-0.2, -0.15) is 5.26 Å². The molecule has 7 nitrogen and oxygen atoms in total. The zero-order valence-corrected chi connectivity index (χ0v) is 11.8. The van der Waals surface area contributed by atoms with Crippen LogP contribution in [0.4, 0.5) is 11.4 Å². The standard InChI is InChI=1S/C16H10N4O3/c17-9-11(16-19-13-6-2-4-8-15(13)23-16)10-18-12-5-1-3-7-14(12)20(21)22/h1-8,10,18H/b11-10+. The van der Waals surface area contributed by atoms with Crippen molar-refractivity contribution in [2.24, 2.45) is 0 Å². The number of hydrogen-bond donors (Lipinski definition) is 1. The van der Waals surface area contributed by atoms with E-state index in [1.807, 2.05) is 12.1 Å². The summed E-state index contributed by atoms with van der Waals surface area (Å²) in [5, 5.41) is 23.0. The summed E-state index contributed by atoms with van der Waals surface area (Å²) in [7, 11) is 0. The third kappa shape index (κ3) is 2.87. The molecule has 0 aliphatic carbocycles. The molecular formula is C16H10N4O3. The Hall–Kier alpha value is -3.66. The molecule has 1 N–H and O–H groups in total. The lowest BCUT2D eigenvalue weighted by Crippen LogP contribution is -1.96. The van der Waals surface area contributed by atoms with E-state index in [2.05, 4.69) is 10.3 Å². The molecule has 23 heavy (non-hydrogen) atoms. The van der Waals surface area contributed by atoms with Crippen molar-refractivity contribution < 1.29 is 9.34 Å². The second kappa shape index (κ2) is 5.99. The highest BCUT2D eigenvalue weighted by molar-refractivity contribution is 5.80. The number of nitrogens with zero attached hydrogens (tertiary/aromatic N) is 3. The average Bonchev–Trinajstić information content (AvgIpc) is 2.99. The highest BCUT2D eigenvalue weighted by Crippen LogP contribution is 2.25. The molecule has 0 bridgehead atoms. The topological polar surface area (TPSA) is 105 Å². The van der Waals surface area contributed by atoms with Crippen molar-refractivity contribution in [3.05, 3.63) is 70.7 Å². The highest BCUT2D eigenvalue weighted by atomic mass is 16.6. The van der Waals surface area contributed by atoms with Crippen LogP contribution in [0.3, 0.4) is 0 Å². The van der Waals surface area contributed by atoms with Crippen molar-refractivity contribution in [1.82, 2.24) is 4.98 Å². The first-order chi connectivity index (χ1) is 11.2. The Kier molecular flexibility index (Phi) is 3.72. The van der Waals surface area contributed by atoms with Crippen LogP contribution in [-0.4, -0.2) is 9.91 Å². The van der Waals surface area contributed by atoms with Gasteiger partial charge in [0.05, 0.1) is 4.92 Å². The molecule has 3 rings (SSSR count). The van der Waals surface area contributed by atoms with Crippen molar-refractivity contribution in [1.29, 1.82) is 5.26 Å². The van der Waals surface area contributed by atoms with Gasteiger partial charge in [-0.1, -0.05) is 24.3 Å². The van der Waals surface area contributed by atoms with Crippen molar-refractivity contribution in [2.45, 2.75) is 0 Å². The van der Waals surface area contributed by atoms with E-state index in [0.717, 1.165) is 0 Å². The second-order valence-electron chi connectivity index (χ2n) is 4.58. The largest absolute Gasteiger partial charge is 0.435 e. The lowest BCUT2D eigenvalue weighted by molar-refractivity contribution is -0.383. The Bertz CT molecular complexity index is 920. The SMILES string of the molecule is N#C/C(=C\Nc1ccccc1[N+](=O)[O-])c1nc2ccccc2o1. The van der Waals surface area contributed by atoms with Crippen LogP contribution < -0.4 is 5.32 Å². The molecule has 0 spiro atoms. The number of nitro groups is 1.